The summed E-state index contributed by atoms with van der Waals surface area (Å²) in [4.78, 5) is 2.52. The van der Waals surface area contributed by atoms with E-state index in [0.29, 0.717) is 12.0 Å². The van der Waals surface area contributed by atoms with E-state index in [9.17, 15) is 5.11 Å². The van der Waals surface area contributed by atoms with Gasteiger partial charge in [-0.25, -0.2) is 0 Å². The highest BCUT2D eigenvalue weighted by Crippen LogP contribution is 2.51. The maximum atomic E-state index is 11.0. The normalized spacial score (nSPS) is 28.6. The minimum atomic E-state index is -0.409. The zero-order valence-corrected chi connectivity index (χ0v) is 15.0. The van der Waals surface area contributed by atoms with Gasteiger partial charge in [-0.05, 0) is 62.5 Å². The largest absolute Gasteiger partial charge is 0.388 e. The molecule has 1 aliphatic carbocycles. The van der Waals surface area contributed by atoms with E-state index < -0.39 is 6.10 Å². The average molecular weight is 310 g/mol. The van der Waals surface area contributed by atoms with Gasteiger partial charge in [0, 0.05) is 21.7 Å². The molecule has 0 radical (unpaired) electrons. The van der Waals surface area contributed by atoms with Gasteiger partial charge in [-0.2, -0.15) is 0 Å². The van der Waals surface area contributed by atoms with Crippen molar-refractivity contribution in [1.82, 2.24) is 0 Å². The standard InChI is InChI=1S/C18H31NOS/c1-12-10-15(13(2)21-12)16(20)18(11-19)8-6-14(7-9-18)17(3,4)5/h10,14,16,20H,6-9,11,19H2,1-5H3. The fourth-order valence-corrected chi connectivity index (χ4v) is 4.86. The molecule has 0 amide bonds. The molecule has 120 valence electrons. The van der Waals surface area contributed by atoms with Crippen molar-refractivity contribution in [2.75, 3.05) is 6.54 Å². The molecular weight excluding hydrogens is 278 g/mol. The molecule has 1 fully saturated rings. The molecule has 1 unspecified atom stereocenters. The van der Waals surface area contributed by atoms with Gasteiger partial charge in [0.1, 0.15) is 0 Å². The number of rotatable bonds is 3. The molecule has 1 aromatic heterocycles. The Morgan fingerprint density at radius 1 is 1.33 bits per heavy atom. The van der Waals surface area contributed by atoms with Crippen LogP contribution in [0.5, 0.6) is 0 Å². The molecule has 2 nitrogen and oxygen atoms in total. The van der Waals surface area contributed by atoms with E-state index in [4.69, 9.17) is 5.73 Å². The third kappa shape index (κ3) is 3.35. The van der Waals surface area contributed by atoms with E-state index >= 15 is 0 Å². The summed E-state index contributed by atoms with van der Waals surface area (Å²) in [6.45, 7) is 11.8. The van der Waals surface area contributed by atoms with Gasteiger partial charge in [0.2, 0.25) is 0 Å². The second kappa shape index (κ2) is 6.02. The van der Waals surface area contributed by atoms with E-state index in [0.717, 1.165) is 24.3 Å². The number of aryl methyl sites for hydroxylation is 2. The van der Waals surface area contributed by atoms with Gasteiger partial charge in [0.15, 0.2) is 0 Å². The summed E-state index contributed by atoms with van der Waals surface area (Å²) >= 11 is 1.77. The summed E-state index contributed by atoms with van der Waals surface area (Å²) in [5, 5.41) is 11.0. The van der Waals surface area contributed by atoms with E-state index in [2.05, 4.69) is 40.7 Å². The Hall–Kier alpha value is -0.380. The van der Waals surface area contributed by atoms with E-state index in [-0.39, 0.29) is 5.41 Å². The SMILES string of the molecule is Cc1cc(C(O)C2(CN)CCC(C(C)(C)C)CC2)c(C)s1. The van der Waals surface area contributed by atoms with Crippen molar-refractivity contribution in [3.8, 4) is 0 Å². The predicted octanol–water partition coefficient (Wildman–Crippen LogP) is 4.58. The van der Waals surface area contributed by atoms with E-state index in [1.807, 2.05) is 0 Å². The molecule has 0 spiro atoms. The molecule has 3 heteroatoms. The smallest absolute Gasteiger partial charge is 0.0869 e. The molecule has 1 aliphatic rings. The molecule has 1 atom stereocenters. The lowest BCUT2D eigenvalue weighted by atomic mass is 9.61. The number of nitrogens with two attached hydrogens (primary N) is 1. The van der Waals surface area contributed by atoms with Crippen LogP contribution in [-0.4, -0.2) is 11.7 Å². The van der Waals surface area contributed by atoms with E-state index in [1.165, 1.54) is 22.6 Å². The highest BCUT2D eigenvalue weighted by atomic mass is 32.1. The minimum Gasteiger partial charge on any atom is -0.388 e. The van der Waals surface area contributed by atoms with Crippen molar-refractivity contribution in [2.24, 2.45) is 22.5 Å². The van der Waals surface area contributed by atoms with Crippen LogP contribution in [0.2, 0.25) is 0 Å². The van der Waals surface area contributed by atoms with Crippen LogP contribution in [-0.2, 0) is 0 Å². The second-order valence-corrected chi connectivity index (χ2v) is 9.44. The van der Waals surface area contributed by atoms with Crippen molar-refractivity contribution in [3.05, 3.63) is 21.4 Å². The zero-order chi connectivity index (χ0) is 15.8. The molecule has 0 aliphatic heterocycles. The molecule has 2 rings (SSSR count). The monoisotopic (exact) mass is 309 g/mol. The van der Waals surface area contributed by atoms with Gasteiger partial charge in [-0.15, -0.1) is 11.3 Å². The topological polar surface area (TPSA) is 46.2 Å². The van der Waals surface area contributed by atoms with Gasteiger partial charge < -0.3 is 10.8 Å². The molecule has 0 saturated heterocycles. The Bertz CT molecular complexity index is 478. The Morgan fingerprint density at radius 2 is 1.90 bits per heavy atom. The lowest BCUT2D eigenvalue weighted by Crippen LogP contribution is -2.42. The first-order valence-electron chi connectivity index (χ1n) is 8.15. The highest BCUT2D eigenvalue weighted by Gasteiger charge is 2.43. The second-order valence-electron chi connectivity index (χ2n) is 7.98. The molecule has 1 aromatic rings. The predicted molar refractivity (Wildman–Crippen MR) is 91.7 cm³/mol. The number of aliphatic hydroxyl groups excluding tert-OH is 1. The summed E-state index contributed by atoms with van der Waals surface area (Å²) in [6.07, 6.45) is 4.04. The molecule has 3 N–H and O–H groups in total. The van der Waals surface area contributed by atoms with Crippen LogP contribution in [0.4, 0.5) is 0 Å². The molecule has 0 bridgehead atoms. The van der Waals surface area contributed by atoms with Gasteiger partial charge >= 0.3 is 0 Å². The van der Waals surface area contributed by atoms with Gasteiger partial charge in [-0.3, -0.25) is 0 Å². The summed E-state index contributed by atoms with van der Waals surface area (Å²) < 4.78 is 0. The van der Waals surface area contributed by atoms with Crippen LogP contribution in [0.1, 0.15) is 67.9 Å². The summed E-state index contributed by atoms with van der Waals surface area (Å²) in [5.41, 5.74) is 7.48. The lowest BCUT2D eigenvalue weighted by molar-refractivity contribution is -0.0234. The molecule has 1 saturated carbocycles. The summed E-state index contributed by atoms with van der Waals surface area (Å²) in [6, 6.07) is 2.15. The van der Waals surface area contributed by atoms with E-state index in [1.54, 1.807) is 11.3 Å². The van der Waals surface area contributed by atoms with Crippen molar-refractivity contribution in [3.63, 3.8) is 0 Å². The first kappa shape index (κ1) is 17.0. The number of hydrogen-bond acceptors (Lipinski definition) is 3. The Kier molecular flexibility index (Phi) is 4.87. The number of aliphatic hydroxyl groups is 1. The summed E-state index contributed by atoms with van der Waals surface area (Å²) in [7, 11) is 0. The minimum absolute atomic E-state index is 0.125. The van der Waals surface area contributed by atoms with Gasteiger partial charge in [0.25, 0.3) is 0 Å². The fraction of sp³-hybridized carbons (Fsp3) is 0.778. The van der Waals surface area contributed by atoms with Crippen molar-refractivity contribution < 1.29 is 5.11 Å². The van der Waals surface area contributed by atoms with Crippen LogP contribution >= 0.6 is 11.3 Å². The Labute approximate surface area is 133 Å². The van der Waals surface area contributed by atoms with Crippen LogP contribution in [0, 0.1) is 30.6 Å². The maximum absolute atomic E-state index is 11.0. The first-order chi connectivity index (χ1) is 9.69. The molecule has 1 heterocycles. The molecule has 21 heavy (non-hydrogen) atoms. The average Bonchev–Trinajstić information content (AvgIpc) is 2.75. The van der Waals surface area contributed by atoms with Gasteiger partial charge in [0.05, 0.1) is 6.10 Å². The van der Waals surface area contributed by atoms with Gasteiger partial charge in [-0.1, -0.05) is 20.8 Å². The van der Waals surface area contributed by atoms with Crippen LogP contribution in [0.3, 0.4) is 0 Å². The maximum Gasteiger partial charge on any atom is 0.0869 e. The van der Waals surface area contributed by atoms with Crippen LogP contribution in [0.25, 0.3) is 0 Å². The molecular formula is C18H31NOS. The van der Waals surface area contributed by atoms with Crippen LogP contribution < -0.4 is 5.73 Å². The lowest BCUT2D eigenvalue weighted by Gasteiger charge is -2.46. The highest BCUT2D eigenvalue weighted by molar-refractivity contribution is 7.12. The quantitative estimate of drug-likeness (QED) is 0.858. The zero-order valence-electron chi connectivity index (χ0n) is 14.2. The van der Waals surface area contributed by atoms with Crippen molar-refractivity contribution >= 4 is 11.3 Å². The number of hydrogen-bond donors (Lipinski definition) is 2. The molecule has 0 aromatic carbocycles. The number of thiophene rings is 1. The Balaban J connectivity index is 2.18. The first-order valence-corrected chi connectivity index (χ1v) is 8.96. The summed E-state index contributed by atoms with van der Waals surface area (Å²) in [5.74, 6) is 0.745. The van der Waals surface area contributed by atoms with Crippen LogP contribution in [0.15, 0.2) is 6.07 Å². The third-order valence-electron chi connectivity index (χ3n) is 5.57. The fourth-order valence-electron chi connectivity index (χ4n) is 3.90. The third-order valence-corrected chi connectivity index (χ3v) is 6.55. The Morgan fingerprint density at radius 3 is 2.29 bits per heavy atom. The van der Waals surface area contributed by atoms with Crippen molar-refractivity contribution in [2.45, 2.75) is 66.4 Å². The van der Waals surface area contributed by atoms with Crippen molar-refractivity contribution in [1.29, 1.82) is 0 Å².